The average Bonchev–Trinajstić information content (AvgIpc) is 1.37. The van der Waals surface area contributed by atoms with Crippen molar-refractivity contribution in [3.8, 4) is 0 Å². The van der Waals surface area contributed by atoms with Crippen LogP contribution in [0.4, 0.5) is 4.39 Å². The standard InChI is InChI=1S/C2HFGe/c3-1-2-4/h1H. The van der Waals surface area contributed by atoms with Gasteiger partial charge in [-0.3, -0.25) is 0 Å². The quantitative estimate of drug-likeness (QED) is 0.392. The summed E-state index contributed by atoms with van der Waals surface area (Å²) in [6.45, 7) is 0. The Morgan fingerprint density at radius 1 is 2.00 bits per heavy atom. The van der Waals surface area contributed by atoms with E-state index in [0.29, 0.717) is 6.33 Å². The molecule has 0 amide bonds. The Hall–Kier alpha value is 0.123. The van der Waals surface area contributed by atoms with Gasteiger partial charge in [-0.05, 0) is 0 Å². The van der Waals surface area contributed by atoms with E-state index in [1.807, 2.05) is 0 Å². The van der Waals surface area contributed by atoms with Gasteiger partial charge in [0.15, 0.2) is 0 Å². The third-order valence-electron chi connectivity index (χ3n) is 0.0546. The van der Waals surface area contributed by atoms with Gasteiger partial charge in [0.05, 0.1) is 0 Å². The summed E-state index contributed by atoms with van der Waals surface area (Å²) >= 11 is 1.50. The molecule has 0 aromatic heterocycles. The van der Waals surface area contributed by atoms with Gasteiger partial charge in [0.1, 0.15) is 0 Å². The molecule has 20 valence electrons. The molecular weight excluding hydrogens is 116 g/mol. The van der Waals surface area contributed by atoms with Crippen molar-refractivity contribution in [2.45, 2.75) is 0 Å². The molecule has 0 spiro atoms. The summed E-state index contributed by atoms with van der Waals surface area (Å²) in [5.74, 6) is 0. The van der Waals surface area contributed by atoms with E-state index in [1.165, 1.54) is 16.1 Å². The summed E-state index contributed by atoms with van der Waals surface area (Å²) in [7, 11) is 0. The summed E-state index contributed by atoms with van der Waals surface area (Å²) in [4.78, 5) is 0. The van der Waals surface area contributed by atoms with Gasteiger partial charge in [-0.1, -0.05) is 0 Å². The molecule has 4 heavy (non-hydrogen) atoms. The summed E-state index contributed by atoms with van der Waals surface area (Å²) in [6.07, 6.45) is 0.375. The second-order valence-electron chi connectivity index (χ2n) is 0.253. The van der Waals surface area contributed by atoms with Gasteiger partial charge in [0.25, 0.3) is 0 Å². The Morgan fingerprint density at radius 3 is 2.25 bits per heavy atom. The predicted molar refractivity (Wildman–Crippen MR) is 16.4 cm³/mol. The topological polar surface area (TPSA) is 0 Å². The van der Waals surface area contributed by atoms with Crippen LogP contribution in [-0.2, 0) is 0 Å². The summed E-state index contributed by atoms with van der Waals surface area (Å²) in [6, 6.07) is 0. The van der Waals surface area contributed by atoms with Crippen molar-refractivity contribution in [1.82, 2.24) is 0 Å². The Balaban J connectivity index is 3.11. The molecule has 0 N–H and O–H groups in total. The summed E-state index contributed by atoms with van der Waals surface area (Å²) in [5, 5.41) is 0. The summed E-state index contributed by atoms with van der Waals surface area (Å²) < 4.78 is 12.6. The minimum absolute atomic E-state index is 0.375. The van der Waals surface area contributed by atoms with Gasteiger partial charge in [-0.2, -0.15) is 0 Å². The van der Waals surface area contributed by atoms with Crippen LogP contribution in [0.3, 0.4) is 0 Å². The first-order valence-corrected chi connectivity index (χ1v) is 1.81. The molecule has 0 saturated heterocycles. The zero-order chi connectivity index (χ0) is 3.41. The fourth-order valence-electron chi connectivity index (χ4n) is 0. The molecule has 2 radical (unpaired) electrons. The van der Waals surface area contributed by atoms with E-state index in [9.17, 15) is 4.39 Å². The Morgan fingerprint density at radius 2 is 2.25 bits per heavy atom. The normalized spacial score (nSPS) is 4.25. The average molecular weight is 117 g/mol. The van der Waals surface area contributed by atoms with Crippen LogP contribution in [0.5, 0.6) is 0 Å². The third kappa shape index (κ3) is 2.12. The van der Waals surface area contributed by atoms with Crippen molar-refractivity contribution in [2.24, 2.45) is 0 Å². The van der Waals surface area contributed by atoms with E-state index in [2.05, 4.69) is 4.51 Å². The molecule has 0 bridgehead atoms. The SMILES string of the molecule is FC=[C]=[Ge]. The molecule has 0 saturated carbocycles. The van der Waals surface area contributed by atoms with Crippen molar-refractivity contribution >= 4 is 20.6 Å². The monoisotopic (exact) mass is 118 g/mol. The molecule has 0 nitrogen and oxygen atoms in total. The molecular formula is C2HFGe. The van der Waals surface area contributed by atoms with Crippen LogP contribution in [0, 0.1) is 0 Å². The molecule has 0 aromatic carbocycles. The van der Waals surface area contributed by atoms with Crippen LogP contribution in [0.25, 0.3) is 0 Å². The molecule has 0 aliphatic rings. The van der Waals surface area contributed by atoms with Crippen LogP contribution < -0.4 is 0 Å². The van der Waals surface area contributed by atoms with E-state index >= 15 is 0 Å². The van der Waals surface area contributed by atoms with Crippen LogP contribution in [0.1, 0.15) is 0 Å². The second kappa shape index (κ2) is 3.12. The zero-order valence-electron chi connectivity index (χ0n) is 1.96. The van der Waals surface area contributed by atoms with E-state index < -0.39 is 0 Å². The number of rotatable bonds is 0. The summed E-state index contributed by atoms with van der Waals surface area (Å²) in [5.41, 5.74) is 0. The molecule has 0 aromatic rings. The fourth-order valence-corrected chi connectivity index (χ4v) is 0. The van der Waals surface area contributed by atoms with E-state index in [4.69, 9.17) is 0 Å². The van der Waals surface area contributed by atoms with Crippen molar-refractivity contribution in [2.75, 3.05) is 0 Å². The maximum atomic E-state index is 10.5. The molecule has 0 fully saturated rings. The third-order valence-corrected chi connectivity index (χ3v) is 0.283. The first-order valence-electron chi connectivity index (χ1n) is 0.757. The van der Waals surface area contributed by atoms with Gasteiger partial charge in [0, 0.05) is 0 Å². The van der Waals surface area contributed by atoms with Crippen molar-refractivity contribution in [3.63, 3.8) is 0 Å². The van der Waals surface area contributed by atoms with E-state index in [-0.39, 0.29) is 0 Å². The molecule has 2 heteroatoms. The van der Waals surface area contributed by atoms with E-state index in [0.717, 1.165) is 0 Å². The van der Waals surface area contributed by atoms with Gasteiger partial charge in [0.2, 0.25) is 0 Å². The number of hydrogen-bond donors (Lipinski definition) is 0. The first kappa shape index (κ1) is 4.12. The van der Waals surface area contributed by atoms with Crippen molar-refractivity contribution in [1.29, 1.82) is 0 Å². The van der Waals surface area contributed by atoms with Gasteiger partial charge >= 0.3 is 31.3 Å². The van der Waals surface area contributed by atoms with Gasteiger partial charge < -0.3 is 0 Å². The van der Waals surface area contributed by atoms with Crippen LogP contribution in [-0.4, -0.2) is 20.6 Å². The van der Waals surface area contributed by atoms with Gasteiger partial charge in [-0.15, -0.1) is 0 Å². The first-order chi connectivity index (χ1) is 1.91. The number of halogens is 1. The van der Waals surface area contributed by atoms with Crippen LogP contribution in [0.15, 0.2) is 6.33 Å². The Labute approximate surface area is 32.1 Å². The zero-order valence-corrected chi connectivity index (χ0v) is 4.05. The predicted octanol–water partition coefficient (Wildman–Crippen LogP) is 0.0392. The fraction of sp³-hybridized carbons (Fsp3) is 0. The Kier molecular flexibility index (Phi) is 3.22. The maximum absolute atomic E-state index is 10.5. The van der Waals surface area contributed by atoms with E-state index in [1.54, 1.807) is 0 Å². The van der Waals surface area contributed by atoms with Crippen molar-refractivity contribution in [3.05, 3.63) is 6.33 Å². The molecule has 0 atom stereocenters. The molecule has 0 heterocycles. The van der Waals surface area contributed by atoms with Gasteiger partial charge in [-0.25, -0.2) is 0 Å². The Bertz CT molecular complexity index is 44.0. The molecule has 0 rings (SSSR count). The molecule has 0 aliphatic heterocycles. The van der Waals surface area contributed by atoms with Crippen LogP contribution >= 0.6 is 0 Å². The van der Waals surface area contributed by atoms with Crippen LogP contribution in [0.2, 0.25) is 0 Å². The second-order valence-corrected chi connectivity index (χ2v) is 0.859. The van der Waals surface area contributed by atoms with Crippen molar-refractivity contribution < 1.29 is 4.39 Å². The number of hydrogen-bond acceptors (Lipinski definition) is 0. The molecule has 0 aliphatic carbocycles. The molecule has 0 unspecified atom stereocenters. The minimum atomic E-state index is 0.375.